The van der Waals surface area contributed by atoms with Crippen molar-refractivity contribution in [3.05, 3.63) is 34.9 Å². The van der Waals surface area contributed by atoms with Gasteiger partial charge in [0.15, 0.2) is 5.96 Å². The largest absolute Gasteiger partial charge is 0.357 e. The maximum atomic E-state index is 11.3. The summed E-state index contributed by atoms with van der Waals surface area (Å²) in [4.78, 5) is 4.60. The van der Waals surface area contributed by atoms with E-state index in [1.54, 1.807) is 0 Å². The van der Waals surface area contributed by atoms with Crippen LogP contribution in [0, 0.1) is 13.8 Å². The summed E-state index contributed by atoms with van der Waals surface area (Å²) in [6.45, 7) is 9.68. The zero-order valence-electron chi connectivity index (χ0n) is 15.5. The average Bonchev–Trinajstić information content (AvgIpc) is 2.47. The van der Waals surface area contributed by atoms with Gasteiger partial charge < -0.3 is 10.6 Å². The molecule has 0 aliphatic rings. The lowest BCUT2D eigenvalue weighted by Gasteiger charge is -2.17. The Hall–Kier alpha value is -1.56. The van der Waals surface area contributed by atoms with E-state index < -0.39 is 9.84 Å². The number of rotatable bonds is 8. The minimum absolute atomic E-state index is 0.0543. The van der Waals surface area contributed by atoms with Gasteiger partial charge in [-0.25, -0.2) is 8.42 Å². The zero-order chi connectivity index (χ0) is 18.2. The van der Waals surface area contributed by atoms with Crippen molar-refractivity contribution >= 4 is 15.8 Å². The number of nitrogens with one attached hydrogen (secondary N) is 2. The van der Waals surface area contributed by atoms with Crippen LogP contribution < -0.4 is 10.6 Å². The molecule has 0 saturated carbocycles. The first-order valence-electron chi connectivity index (χ1n) is 8.50. The van der Waals surface area contributed by atoms with E-state index in [0.717, 1.165) is 18.9 Å². The van der Waals surface area contributed by atoms with Gasteiger partial charge in [0.25, 0.3) is 0 Å². The standard InChI is InChI=1S/C18H31N3O2S/c1-6-19-18(21-16(4)10-12-24(5,22)23)20-11-9-17-8-7-14(2)13-15(17)3/h7-8,13,16H,6,9-12H2,1-5H3,(H2,19,20,21). The summed E-state index contributed by atoms with van der Waals surface area (Å²) in [7, 11) is -2.93. The SMILES string of the molecule is CCNC(=NCCc1ccc(C)cc1C)NC(C)CCS(C)(=O)=O. The first-order chi connectivity index (χ1) is 11.2. The fourth-order valence-electron chi connectivity index (χ4n) is 2.43. The Bertz CT molecular complexity index is 654. The maximum absolute atomic E-state index is 11.3. The van der Waals surface area contributed by atoms with E-state index in [0.29, 0.717) is 13.0 Å². The van der Waals surface area contributed by atoms with Crippen molar-refractivity contribution in [1.29, 1.82) is 0 Å². The fourth-order valence-corrected chi connectivity index (χ4v) is 3.21. The van der Waals surface area contributed by atoms with Crippen molar-refractivity contribution < 1.29 is 8.42 Å². The number of guanidine groups is 1. The highest BCUT2D eigenvalue weighted by Crippen LogP contribution is 2.11. The number of hydrogen-bond acceptors (Lipinski definition) is 3. The summed E-state index contributed by atoms with van der Waals surface area (Å²) < 4.78 is 22.5. The van der Waals surface area contributed by atoms with E-state index in [1.807, 2.05) is 13.8 Å². The van der Waals surface area contributed by atoms with Crippen molar-refractivity contribution in [1.82, 2.24) is 10.6 Å². The second-order valence-electron chi connectivity index (χ2n) is 6.40. The van der Waals surface area contributed by atoms with Crippen molar-refractivity contribution in [2.75, 3.05) is 25.1 Å². The van der Waals surface area contributed by atoms with E-state index in [9.17, 15) is 8.42 Å². The van der Waals surface area contributed by atoms with Crippen LogP contribution in [-0.2, 0) is 16.3 Å². The van der Waals surface area contributed by atoms with Crippen LogP contribution in [0.4, 0.5) is 0 Å². The fraction of sp³-hybridized carbons (Fsp3) is 0.611. The van der Waals surface area contributed by atoms with Gasteiger partial charge in [0.1, 0.15) is 9.84 Å². The van der Waals surface area contributed by atoms with Gasteiger partial charge in [-0.3, -0.25) is 4.99 Å². The molecular formula is C18H31N3O2S. The normalized spacial score (nSPS) is 13.6. The van der Waals surface area contributed by atoms with Crippen molar-refractivity contribution in [2.24, 2.45) is 4.99 Å². The van der Waals surface area contributed by atoms with Gasteiger partial charge in [0, 0.05) is 25.4 Å². The van der Waals surface area contributed by atoms with E-state index >= 15 is 0 Å². The Balaban J connectivity index is 2.58. The van der Waals surface area contributed by atoms with Gasteiger partial charge in [0.2, 0.25) is 0 Å². The van der Waals surface area contributed by atoms with E-state index in [-0.39, 0.29) is 11.8 Å². The molecular weight excluding hydrogens is 322 g/mol. The number of sulfone groups is 1. The predicted molar refractivity (Wildman–Crippen MR) is 103 cm³/mol. The van der Waals surface area contributed by atoms with Gasteiger partial charge in [-0.1, -0.05) is 23.8 Å². The van der Waals surface area contributed by atoms with Crippen LogP contribution in [-0.4, -0.2) is 45.5 Å². The lowest BCUT2D eigenvalue weighted by atomic mass is 10.0. The minimum Gasteiger partial charge on any atom is -0.357 e. The molecule has 136 valence electrons. The summed E-state index contributed by atoms with van der Waals surface area (Å²) >= 11 is 0. The first kappa shape index (κ1) is 20.5. The molecule has 24 heavy (non-hydrogen) atoms. The van der Waals surface area contributed by atoms with Crippen molar-refractivity contribution in [3.8, 4) is 0 Å². The molecule has 0 saturated heterocycles. The van der Waals surface area contributed by atoms with E-state index in [1.165, 1.54) is 22.9 Å². The van der Waals surface area contributed by atoms with Crippen LogP contribution in [0.25, 0.3) is 0 Å². The van der Waals surface area contributed by atoms with E-state index in [2.05, 4.69) is 47.7 Å². The molecule has 0 bridgehead atoms. The summed E-state index contributed by atoms with van der Waals surface area (Å²) in [5, 5.41) is 6.49. The highest BCUT2D eigenvalue weighted by Gasteiger charge is 2.09. The molecule has 0 radical (unpaired) electrons. The van der Waals surface area contributed by atoms with Gasteiger partial charge >= 0.3 is 0 Å². The number of hydrogen-bond donors (Lipinski definition) is 2. The number of aryl methyl sites for hydroxylation is 2. The van der Waals surface area contributed by atoms with Crippen LogP contribution in [0.5, 0.6) is 0 Å². The van der Waals surface area contributed by atoms with Crippen LogP contribution in [0.3, 0.4) is 0 Å². The monoisotopic (exact) mass is 353 g/mol. The molecule has 0 fully saturated rings. The highest BCUT2D eigenvalue weighted by atomic mass is 32.2. The van der Waals surface area contributed by atoms with Crippen LogP contribution >= 0.6 is 0 Å². The second kappa shape index (κ2) is 9.67. The third-order valence-corrected chi connectivity index (χ3v) is 4.78. The average molecular weight is 354 g/mol. The Morgan fingerprint density at radius 1 is 1.29 bits per heavy atom. The van der Waals surface area contributed by atoms with Crippen molar-refractivity contribution in [3.63, 3.8) is 0 Å². The van der Waals surface area contributed by atoms with Crippen LogP contribution in [0.15, 0.2) is 23.2 Å². The summed E-state index contributed by atoms with van der Waals surface area (Å²) in [6, 6.07) is 6.53. The van der Waals surface area contributed by atoms with Crippen LogP contribution in [0.1, 0.15) is 37.0 Å². The number of nitrogens with zero attached hydrogens (tertiary/aromatic N) is 1. The molecule has 1 unspecified atom stereocenters. The summed E-state index contributed by atoms with van der Waals surface area (Å²) in [5.41, 5.74) is 3.88. The third-order valence-electron chi connectivity index (χ3n) is 3.80. The molecule has 5 nitrogen and oxygen atoms in total. The number of benzene rings is 1. The Morgan fingerprint density at radius 2 is 2.00 bits per heavy atom. The Morgan fingerprint density at radius 3 is 2.58 bits per heavy atom. The molecule has 0 heterocycles. The third kappa shape index (κ3) is 8.34. The van der Waals surface area contributed by atoms with Crippen molar-refractivity contribution in [2.45, 2.75) is 46.6 Å². The second-order valence-corrected chi connectivity index (χ2v) is 8.66. The van der Waals surface area contributed by atoms with Gasteiger partial charge in [0.05, 0.1) is 5.75 Å². The van der Waals surface area contributed by atoms with E-state index in [4.69, 9.17) is 0 Å². The predicted octanol–water partition coefficient (Wildman–Crippen LogP) is 2.22. The molecule has 6 heteroatoms. The molecule has 0 aliphatic heterocycles. The van der Waals surface area contributed by atoms with Crippen LogP contribution in [0.2, 0.25) is 0 Å². The zero-order valence-corrected chi connectivity index (χ0v) is 16.3. The Kier molecular flexibility index (Phi) is 8.25. The molecule has 0 aromatic heterocycles. The lowest BCUT2D eigenvalue weighted by molar-refractivity contribution is 0.581. The molecule has 0 aliphatic carbocycles. The number of aliphatic imine (C=N–C) groups is 1. The van der Waals surface area contributed by atoms with Gasteiger partial charge in [-0.15, -0.1) is 0 Å². The first-order valence-corrected chi connectivity index (χ1v) is 10.6. The lowest BCUT2D eigenvalue weighted by Crippen LogP contribution is -2.43. The maximum Gasteiger partial charge on any atom is 0.191 e. The summed E-state index contributed by atoms with van der Waals surface area (Å²) in [5.74, 6) is 0.923. The molecule has 1 rings (SSSR count). The molecule has 0 spiro atoms. The molecule has 1 aromatic rings. The topological polar surface area (TPSA) is 70.6 Å². The minimum atomic E-state index is -2.93. The van der Waals surface area contributed by atoms with Gasteiger partial charge in [-0.2, -0.15) is 0 Å². The summed E-state index contributed by atoms with van der Waals surface area (Å²) in [6.07, 6.45) is 2.73. The smallest absolute Gasteiger partial charge is 0.191 e. The quantitative estimate of drug-likeness (QED) is 0.555. The van der Waals surface area contributed by atoms with Gasteiger partial charge in [-0.05, 0) is 51.7 Å². The highest BCUT2D eigenvalue weighted by molar-refractivity contribution is 7.90. The molecule has 1 aromatic carbocycles. The molecule has 2 N–H and O–H groups in total. The molecule has 1 atom stereocenters. The Labute approximate surface area is 146 Å². The molecule has 0 amide bonds.